The van der Waals surface area contributed by atoms with Gasteiger partial charge in [-0.05, 0) is 31.5 Å². The van der Waals surface area contributed by atoms with Gasteiger partial charge in [0.25, 0.3) is 5.91 Å². The molecule has 0 spiro atoms. The summed E-state index contributed by atoms with van der Waals surface area (Å²) >= 11 is 6.18. The standard InChI is InChI=1S/C27H25ClN2O5/c1-4-5-10-30-23(21-14(2)29-18-9-7-6-8-17(18)21)22(25(32)27(30)33)24(31)19-12-15-11-16(28)13-20(34-3)26(15)35-19/h6-9,11-13,23,29,32H,4-5,10H2,1-3H3. The fourth-order valence-corrected chi connectivity index (χ4v) is 5.09. The summed E-state index contributed by atoms with van der Waals surface area (Å²) in [6.45, 7) is 4.34. The first-order valence-electron chi connectivity index (χ1n) is 11.5. The maximum absolute atomic E-state index is 13.9. The molecule has 35 heavy (non-hydrogen) atoms. The molecule has 1 amide bonds. The van der Waals surface area contributed by atoms with Crippen LogP contribution < -0.4 is 4.74 Å². The van der Waals surface area contributed by atoms with Crippen LogP contribution in [0.25, 0.3) is 21.9 Å². The minimum atomic E-state index is -0.753. The Kier molecular flexibility index (Phi) is 5.81. The first kappa shape index (κ1) is 23.1. The number of ether oxygens (including phenoxy) is 1. The van der Waals surface area contributed by atoms with Crippen molar-refractivity contribution in [1.29, 1.82) is 0 Å². The van der Waals surface area contributed by atoms with Crippen molar-refractivity contribution < 1.29 is 23.8 Å². The van der Waals surface area contributed by atoms with Crippen LogP contribution in [0, 0.1) is 6.92 Å². The third kappa shape index (κ3) is 3.67. The molecular weight excluding hydrogens is 468 g/mol. The second-order valence-corrected chi connectivity index (χ2v) is 9.13. The Bertz CT molecular complexity index is 1510. The van der Waals surface area contributed by atoms with Gasteiger partial charge >= 0.3 is 0 Å². The quantitative estimate of drug-likeness (QED) is 0.297. The van der Waals surface area contributed by atoms with Crippen LogP contribution in [-0.2, 0) is 4.79 Å². The van der Waals surface area contributed by atoms with Crippen LogP contribution in [0.3, 0.4) is 0 Å². The number of unbranched alkanes of at least 4 members (excludes halogenated alkanes) is 1. The number of hydrogen-bond acceptors (Lipinski definition) is 5. The summed E-state index contributed by atoms with van der Waals surface area (Å²) in [4.78, 5) is 32.0. The molecule has 180 valence electrons. The number of aliphatic hydroxyl groups excluding tert-OH is 1. The summed E-state index contributed by atoms with van der Waals surface area (Å²) in [7, 11) is 1.49. The van der Waals surface area contributed by atoms with E-state index >= 15 is 0 Å². The molecule has 2 aromatic heterocycles. The molecule has 0 radical (unpaired) electrons. The van der Waals surface area contributed by atoms with Gasteiger partial charge in [-0.25, -0.2) is 0 Å². The van der Waals surface area contributed by atoms with Crippen molar-refractivity contribution in [3.8, 4) is 5.75 Å². The number of nitrogens with zero attached hydrogens (tertiary/aromatic N) is 1. The lowest BCUT2D eigenvalue weighted by atomic mass is 9.93. The third-order valence-electron chi connectivity index (χ3n) is 6.51. The summed E-state index contributed by atoms with van der Waals surface area (Å²) in [6.07, 6.45) is 1.59. The summed E-state index contributed by atoms with van der Waals surface area (Å²) in [6, 6.07) is 11.8. The molecule has 0 bridgehead atoms. The van der Waals surface area contributed by atoms with Crippen molar-refractivity contribution in [1.82, 2.24) is 9.88 Å². The fraction of sp³-hybridized carbons (Fsp3) is 0.259. The largest absolute Gasteiger partial charge is 0.503 e. The van der Waals surface area contributed by atoms with Crippen LogP contribution >= 0.6 is 11.6 Å². The second kappa shape index (κ2) is 8.82. The zero-order valence-electron chi connectivity index (χ0n) is 19.6. The number of aliphatic hydroxyl groups is 1. The number of fused-ring (bicyclic) bond motifs is 2. The summed E-state index contributed by atoms with van der Waals surface area (Å²) in [5.41, 5.74) is 2.87. The van der Waals surface area contributed by atoms with Crippen LogP contribution in [0.5, 0.6) is 5.75 Å². The van der Waals surface area contributed by atoms with Crippen LogP contribution in [0.1, 0.15) is 47.6 Å². The smallest absolute Gasteiger partial charge is 0.290 e. The first-order chi connectivity index (χ1) is 16.8. The number of halogens is 1. The third-order valence-corrected chi connectivity index (χ3v) is 6.73. The molecule has 1 aliphatic rings. The van der Waals surface area contributed by atoms with E-state index in [4.69, 9.17) is 20.8 Å². The molecular formula is C27H25ClN2O5. The molecule has 0 saturated carbocycles. The number of H-pyrrole nitrogens is 1. The Labute approximate surface area is 206 Å². The Balaban J connectivity index is 1.68. The summed E-state index contributed by atoms with van der Waals surface area (Å²) in [5, 5.41) is 12.9. The van der Waals surface area contributed by atoms with Gasteiger partial charge in [0, 0.05) is 45.2 Å². The van der Waals surface area contributed by atoms with Crippen molar-refractivity contribution in [2.45, 2.75) is 32.7 Å². The number of methoxy groups -OCH3 is 1. The molecule has 5 rings (SSSR count). The summed E-state index contributed by atoms with van der Waals surface area (Å²) in [5.74, 6) is -1.28. The monoisotopic (exact) mass is 492 g/mol. The highest BCUT2D eigenvalue weighted by molar-refractivity contribution is 6.31. The molecule has 2 aromatic carbocycles. The number of ketones is 1. The van der Waals surface area contributed by atoms with Gasteiger partial charge in [0.2, 0.25) is 5.78 Å². The number of aromatic nitrogens is 1. The van der Waals surface area contributed by atoms with Crippen LogP contribution in [0.15, 0.2) is 58.2 Å². The molecule has 7 nitrogen and oxygen atoms in total. The van der Waals surface area contributed by atoms with Gasteiger partial charge in [0.15, 0.2) is 22.9 Å². The number of carbonyl (C=O) groups excluding carboxylic acids is 2. The van der Waals surface area contributed by atoms with E-state index in [9.17, 15) is 14.7 Å². The zero-order chi connectivity index (χ0) is 24.9. The molecule has 1 unspecified atom stereocenters. The Morgan fingerprint density at radius 3 is 2.77 bits per heavy atom. The van der Waals surface area contributed by atoms with Gasteiger partial charge in [-0.2, -0.15) is 0 Å². The average molecular weight is 493 g/mol. The number of hydrogen-bond donors (Lipinski definition) is 2. The van der Waals surface area contributed by atoms with E-state index in [0.717, 1.165) is 35.0 Å². The number of amides is 1. The minimum absolute atomic E-state index is 0.00285. The number of aromatic amines is 1. The first-order valence-corrected chi connectivity index (χ1v) is 11.9. The van der Waals surface area contributed by atoms with E-state index in [-0.39, 0.29) is 11.3 Å². The van der Waals surface area contributed by atoms with E-state index in [2.05, 4.69) is 4.98 Å². The fourth-order valence-electron chi connectivity index (χ4n) is 4.88. The second-order valence-electron chi connectivity index (χ2n) is 8.69. The number of carbonyl (C=O) groups is 2. The van der Waals surface area contributed by atoms with E-state index in [0.29, 0.717) is 28.3 Å². The average Bonchev–Trinajstić information content (AvgIpc) is 3.48. The molecule has 8 heteroatoms. The molecule has 1 atom stereocenters. The molecule has 0 saturated heterocycles. The van der Waals surface area contributed by atoms with E-state index in [1.54, 1.807) is 23.1 Å². The summed E-state index contributed by atoms with van der Waals surface area (Å²) < 4.78 is 11.2. The number of Topliss-reactive ketones (excluding diaryl/α,β-unsaturated/α-hetero) is 1. The Hall–Kier alpha value is -3.71. The van der Waals surface area contributed by atoms with Crippen molar-refractivity contribution >= 4 is 45.2 Å². The molecule has 3 heterocycles. The van der Waals surface area contributed by atoms with E-state index in [1.807, 2.05) is 38.1 Å². The van der Waals surface area contributed by atoms with Crippen molar-refractivity contribution in [2.24, 2.45) is 0 Å². The van der Waals surface area contributed by atoms with E-state index < -0.39 is 23.5 Å². The van der Waals surface area contributed by atoms with Crippen molar-refractivity contribution in [2.75, 3.05) is 13.7 Å². The number of rotatable bonds is 7. The number of furan rings is 1. The molecule has 4 aromatic rings. The van der Waals surface area contributed by atoms with Crippen molar-refractivity contribution in [3.63, 3.8) is 0 Å². The van der Waals surface area contributed by atoms with Gasteiger partial charge in [0.1, 0.15) is 0 Å². The maximum Gasteiger partial charge on any atom is 0.290 e. The highest BCUT2D eigenvalue weighted by Gasteiger charge is 2.45. The predicted octanol–water partition coefficient (Wildman–Crippen LogP) is 6.26. The normalized spacial score (nSPS) is 16.2. The molecule has 0 aliphatic carbocycles. The van der Waals surface area contributed by atoms with Gasteiger partial charge in [-0.15, -0.1) is 0 Å². The molecule has 0 fully saturated rings. The highest BCUT2D eigenvalue weighted by atomic mass is 35.5. The van der Waals surface area contributed by atoms with Gasteiger partial charge < -0.3 is 24.1 Å². The SMILES string of the molecule is CCCCN1C(=O)C(O)=C(C(=O)c2cc3cc(Cl)cc(OC)c3o2)C1c1c(C)[nH]c2ccccc12. The van der Waals surface area contributed by atoms with Crippen LogP contribution in [0.4, 0.5) is 0 Å². The Morgan fingerprint density at radius 1 is 1.26 bits per heavy atom. The van der Waals surface area contributed by atoms with E-state index in [1.165, 1.54) is 7.11 Å². The lowest BCUT2D eigenvalue weighted by Gasteiger charge is -2.27. The highest BCUT2D eigenvalue weighted by Crippen LogP contribution is 2.44. The van der Waals surface area contributed by atoms with Gasteiger partial charge in [-0.1, -0.05) is 43.1 Å². The van der Waals surface area contributed by atoms with Gasteiger partial charge in [0.05, 0.1) is 18.7 Å². The Morgan fingerprint density at radius 2 is 2.03 bits per heavy atom. The minimum Gasteiger partial charge on any atom is -0.503 e. The number of para-hydroxylation sites is 1. The number of nitrogens with one attached hydrogen (secondary N) is 1. The van der Waals surface area contributed by atoms with Gasteiger partial charge in [-0.3, -0.25) is 9.59 Å². The number of benzene rings is 2. The lowest BCUT2D eigenvalue weighted by Crippen LogP contribution is -2.32. The lowest BCUT2D eigenvalue weighted by molar-refractivity contribution is -0.129. The number of aryl methyl sites for hydroxylation is 1. The predicted molar refractivity (Wildman–Crippen MR) is 134 cm³/mol. The topological polar surface area (TPSA) is 95.8 Å². The van der Waals surface area contributed by atoms with Crippen molar-refractivity contribution in [3.05, 3.63) is 75.8 Å². The van der Waals surface area contributed by atoms with Crippen LogP contribution in [-0.4, -0.2) is 40.3 Å². The zero-order valence-corrected chi connectivity index (χ0v) is 20.4. The molecule has 2 N–H and O–H groups in total. The van der Waals surface area contributed by atoms with Crippen LogP contribution in [0.2, 0.25) is 5.02 Å². The molecule has 1 aliphatic heterocycles. The maximum atomic E-state index is 13.9.